The predicted molar refractivity (Wildman–Crippen MR) is 137 cm³/mol. The highest BCUT2D eigenvalue weighted by atomic mass is 35.5. The predicted octanol–water partition coefficient (Wildman–Crippen LogP) is 6.64. The smallest absolute Gasteiger partial charge is 0.326 e. The molecular formula is C28H26Cl2FNO4. The highest BCUT2D eigenvalue weighted by Gasteiger charge is 2.48. The molecule has 0 saturated carbocycles. The van der Waals surface area contributed by atoms with E-state index in [0.29, 0.717) is 33.2 Å². The molecule has 0 aliphatic carbocycles. The van der Waals surface area contributed by atoms with E-state index in [0.717, 1.165) is 0 Å². The molecule has 36 heavy (non-hydrogen) atoms. The van der Waals surface area contributed by atoms with Crippen molar-refractivity contribution in [1.82, 2.24) is 4.90 Å². The second-order valence-corrected chi connectivity index (χ2v) is 9.69. The third-order valence-corrected chi connectivity index (χ3v) is 6.82. The number of amides is 1. The number of nitrogens with zero attached hydrogens (tertiary/aromatic N) is 1. The van der Waals surface area contributed by atoms with E-state index < -0.39 is 36.2 Å². The quantitative estimate of drug-likeness (QED) is 0.355. The first kappa shape index (κ1) is 26.1. The van der Waals surface area contributed by atoms with Gasteiger partial charge in [-0.15, -0.1) is 0 Å². The van der Waals surface area contributed by atoms with Crippen LogP contribution >= 0.6 is 23.2 Å². The summed E-state index contributed by atoms with van der Waals surface area (Å²) in [5.41, 5.74) is 2.11. The molecule has 188 valence electrons. The molecule has 1 N–H and O–H groups in total. The van der Waals surface area contributed by atoms with Gasteiger partial charge in [0.1, 0.15) is 24.1 Å². The van der Waals surface area contributed by atoms with Gasteiger partial charge in [-0.2, -0.15) is 0 Å². The SMILES string of the molecule is CCC[C@H](C(=O)O)N1C(=O)[C@@H](Cc2ccc(F)cc2)O[C@H](c2cccc(Cl)c2)[C@@H]1c1ccc(Cl)cc1. The standard InChI is InChI=1S/C28H26Cl2FNO4/c1-2-4-23(28(34)35)32-25(18-9-11-20(29)12-10-18)26(19-5-3-6-21(30)16-19)36-24(27(32)33)15-17-7-13-22(31)14-8-17/h3,5-14,16,23-26H,2,4,15H2,1H3,(H,34,35)/t23-,24-,25+,26-/m1/s1. The van der Waals surface area contributed by atoms with E-state index >= 15 is 0 Å². The zero-order chi connectivity index (χ0) is 25.8. The number of hydrogen-bond acceptors (Lipinski definition) is 3. The van der Waals surface area contributed by atoms with Crippen LogP contribution in [0.2, 0.25) is 10.0 Å². The van der Waals surface area contributed by atoms with E-state index in [2.05, 4.69) is 0 Å². The Bertz CT molecular complexity index is 1220. The average molecular weight is 530 g/mol. The minimum Gasteiger partial charge on any atom is -0.480 e. The van der Waals surface area contributed by atoms with Crippen LogP contribution in [0.25, 0.3) is 0 Å². The number of carboxylic acid groups (broad SMARTS) is 1. The van der Waals surface area contributed by atoms with E-state index in [1.807, 2.05) is 13.0 Å². The summed E-state index contributed by atoms with van der Waals surface area (Å²) in [5, 5.41) is 11.2. The lowest BCUT2D eigenvalue weighted by molar-refractivity contribution is -0.184. The van der Waals surface area contributed by atoms with Crippen LogP contribution in [0.1, 0.15) is 48.6 Å². The van der Waals surface area contributed by atoms with Crippen molar-refractivity contribution < 1.29 is 23.8 Å². The van der Waals surface area contributed by atoms with Gasteiger partial charge in [-0.1, -0.05) is 72.9 Å². The van der Waals surface area contributed by atoms with E-state index in [9.17, 15) is 19.1 Å². The van der Waals surface area contributed by atoms with Crippen LogP contribution in [0.5, 0.6) is 0 Å². The van der Waals surface area contributed by atoms with Crippen molar-refractivity contribution in [3.05, 3.63) is 105 Å². The monoisotopic (exact) mass is 529 g/mol. The first-order valence-corrected chi connectivity index (χ1v) is 12.5. The lowest BCUT2D eigenvalue weighted by Gasteiger charge is -2.47. The number of benzene rings is 3. The third kappa shape index (κ3) is 5.72. The summed E-state index contributed by atoms with van der Waals surface area (Å²) in [6.07, 6.45) is -0.664. The average Bonchev–Trinajstić information content (AvgIpc) is 2.85. The summed E-state index contributed by atoms with van der Waals surface area (Å²) in [6, 6.07) is 18.1. The minimum absolute atomic E-state index is 0.165. The maximum absolute atomic E-state index is 13.9. The summed E-state index contributed by atoms with van der Waals surface area (Å²) in [7, 11) is 0. The number of rotatable bonds is 8. The fourth-order valence-electron chi connectivity index (χ4n) is 4.67. The van der Waals surface area contributed by atoms with Crippen LogP contribution in [0.3, 0.4) is 0 Å². The Kier molecular flexibility index (Phi) is 8.29. The molecule has 4 rings (SSSR count). The largest absolute Gasteiger partial charge is 0.480 e. The third-order valence-electron chi connectivity index (χ3n) is 6.33. The summed E-state index contributed by atoms with van der Waals surface area (Å²) < 4.78 is 19.9. The fraction of sp³-hybridized carbons (Fsp3) is 0.286. The molecule has 0 unspecified atom stereocenters. The molecule has 0 aromatic heterocycles. The highest BCUT2D eigenvalue weighted by Crippen LogP contribution is 2.44. The zero-order valence-corrected chi connectivity index (χ0v) is 21.1. The maximum atomic E-state index is 13.9. The Morgan fingerprint density at radius 3 is 2.33 bits per heavy atom. The van der Waals surface area contributed by atoms with Gasteiger partial charge in [0.15, 0.2) is 0 Å². The Morgan fingerprint density at radius 1 is 1.03 bits per heavy atom. The van der Waals surface area contributed by atoms with Crippen LogP contribution in [0.4, 0.5) is 4.39 Å². The van der Waals surface area contributed by atoms with Gasteiger partial charge in [-0.05, 0) is 59.5 Å². The van der Waals surface area contributed by atoms with Gasteiger partial charge < -0.3 is 14.7 Å². The summed E-state index contributed by atoms with van der Waals surface area (Å²) in [6.45, 7) is 1.88. The Hall–Kier alpha value is -2.93. The normalized spacial score (nSPS) is 20.8. The number of carboxylic acids is 1. The van der Waals surface area contributed by atoms with Crippen LogP contribution in [0, 0.1) is 5.82 Å². The number of ether oxygens (including phenoxy) is 1. The van der Waals surface area contributed by atoms with E-state index in [1.54, 1.807) is 54.6 Å². The number of carbonyl (C=O) groups is 2. The molecule has 1 aliphatic rings. The van der Waals surface area contributed by atoms with Crippen molar-refractivity contribution in [1.29, 1.82) is 0 Å². The number of halogens is 3. The lowest BCUT2D eigenvalue weighted by Crippen LogP contribution is -2.57. The first-order chi connectivity index (χ1) is 17.3. The molecule has 0 spiro atoms. The molecule has 3 aromatic rings. The van der Waals surface area contributed by atoms with Crippen molar-refractivity contribution in [2.45, 2.75) is 50.5 Å². The molecule has 3 aromatic carbocycles. The van der Waals surface area contributed by atoms with Gasteiger partial charge in [0.25, 0.3) is 5.91 Å². The van der Waals surface area contributed by atoms with Crippen molar-refractivity contribution in [2.24, 2.45) is 0 Å². The number of hydrogen-bond donors (Lipinski definition) is 1. The summed E-state index contributed by atoms with van der Waals surface area (Å²) in [4.78, 5) is 27.8. The molecule has 1 heterocycles. The van der Waals surface area contributed by atoms with E-state index in [4.69, 9.17) is 27.9 Å². The van der Waals surface area contributed by atoms with Crippen LogP contribution in [-0.4, -0.2) is 34.0 Å². The topological polar surface area (TPSA) is 66.8 Å². The Balaban J connectivity index is 1.85. The minimum atomic E-state index is -1.09. The maximum Gasteiger partial charge on any atom is 0.326 e. The van der Waals surface area contributed by atoms with E-state index in [-0.39, 0.29) is 18.7 Å². The number of carbonyl (C=O) groups excluding carboxylic acids is 1. The molecule has 1 saturated heterocycles. The van der Waals surface area contributed by atoms with Gasteiger partial charge in [0, 0.05) is 16.5 Å². The van der Waals surface area contributed by atoms with Crippen molar-refractivity contribution in [3.8, 4) is 0 Å². The molecule has 1 aliphatic heterocycles. The van der Waals surface area contributed by atoms with Crippen molar-refractivity contribution >= 4 is 35.1 Å². The second kappa shape index (κ2) is 11.4. The van der Waals surface area contributed by atoms with Gasteiger partial charge in [-0.3, -0.25) is 4.79 Å². The van der Waals surface area contributed by atoms with E-state index in [1.165, 1.54) is 17.0 Å². The number of morpholine rings is 1. The molecule has 1 fully saturated rings. The second-order valence-electron chi connectivity index (χ2n) is 8.82. The highest BCUT2D eigenvalue weighted by molar-refractivity contribution is 6.30. The van der Waals surface area contributed by atoms with Gasteiger partial charge in [0.05, 0.1) is 6.04 Å². The fourth-order valence-corrected chi connectivity index (χ4v) is 5.00. The summed E-state index contributed by atoms with van der Waals surface area (Å²) >= 11 is 12.4. The van der Waals surface area contributed by atoms with Crippen molar-refractivity contribution in [3.63, 3.8) is 0 Å². The Morgan fingerprint density at radius 2 is 1.72 bits per heavy atom. The summed E-state index contributed by atoms with van der Waals surface area (Å²) in [5.74, 6) is -1.90. The van der Waals surface area contributed by atoms with Crippen molar-refractivity contribution in [2.75, 3.05) is 0 Å². The first-order valence-electron chi connectivity index (χ1n) is 11.7. The van der Waals surface area contributed by atoms with Gasteiger partial charge >= 0.3 is 5.97 Å². The molecule has 4 atom stereocenters. The molecule has 1 amide bonds. The molecular weight excluding hydrogens is 504 g/mol. The lowest BCUT2D eigenvalue weighted by atomic mass is 9.88. The Labute approximate surface area is 219 Å². The molecule has 0 radical (unpaired) electrons. The van der Waals surface area contributed by atoms with Crippen LogP contribution in [-0.2, 0) is 20.7 Å². The molecule has 8 heteroatoms. The van der Waals surface area contributed by atoms with Crippen LogP contribution in [0.15, 0.2) is 72.8 Å². The van der Waals surface area contributed by atoms with Gasteiger partial charge in [-0.25, -0.2) is 9.18 Å². The number of aliphatic carboxylic acids is 1. The molecule has 5 nitrogen and oxygen atoms in total. The van der Waals surface area contributed by atoms with Gasteiger partial charge in [0.2, 0.25) is 0 Å². The van der Waals surface area contributed by atoms with Crippen LogP contribution < -0.4 is 0 Å². The molecule has 0 bridgehead atoms. The zero-order valence-electron chi connectivity index (χ0n) is 19.6.